The molecule has 1 N–H and O–H groups in total. The minimum atomic E-state index is -0.986. The molecule has 1 atom stereocenters. The van der Waals surface area contributed by atoms with Gasteiger partial charge in [-0.3, -0.25) is 9.59 Å². The van der Waals surface area contributed by atoms with Gasteiger partial charge in [0.05, 0.1) is 19.8 Å². The molecule has 0 bridgehead atoms. The van der Waals surface area contributed by atoms with Crippen LogP contribution < -0.4 is 14.8 Å². The summed E-state index contributed by atoms with van der Waals surface area (Å²) in [5, 5.41) is 2.79. The predicted octanol–water partition coefficient (Wildman–Crippen LogP) is 4.12. The number of ether oxygens (including phenoxy) is 3. The molecule has 2 aromatic rings. The number of methoxy groups -OCH3 is 2. The van der Waals surface area contributed by atoms with E-state index in [-0.39, 0.29) is 17.3 Å². The summed E-state index contributed by atoms with van der Waals surface area (Å²) >= 11 is 0. The molecule has 2 rings (SSSR count). The van der Waals surface area contributed by atoms with Crippen molar-refractivity contribution in [3.63, 3.8) is 0 Å². The first kappa shape index (κ1) is 22.9. The largest absolute Gasteiger partial charge is 0.493 e. The van der Waals surface area contributed by atoms with Crippen molar-refractivity contribution in [1.82, 2.24) is 0 Å². The normalized spacial score (nSPS) is 11.9. The third-order valence-corrected chi connectivity index (χ3v) is 4.38. The number of carbonyl (C=O) groups excluding carboxylic acids is 3. The smallest absolute Gasteiger partial charge is 0.338 e. The molecule has 0 heterocycles. The summed E-state index contributed by atoms with van der Waals surface area (Å²) in [7, 11) is 2.96. The Hall–Kier alpha value is -3.35. The van der Waals surface area contributed by atoms with E-state index in [1.54, 1.807) is 30.3 Å². The molecule has 0 radical (unpaired) electrons. The molecule has 0 aliphatic heterocycles. The topological polar surface area (TPSA) is 90.9 Å². The Kier molecular flexibility index (Phi) is 7.21. The van der Waals surface area contributed by atoms with Gasteiger partial charge in [0, 0.05) is 16.7 Å². The van der Waals surface area contributed by atoms with Gasteiger partial charge in [-0.2, -0.15) is 0 Å². The Morgan fingerprint density at radius 1 is 0.867 bits per heavy atom. The van der Waals surface area contributed by atoms with Gasteiger partial charge in [0.1, 0.15) is 0 Å². The van der Waals surface area contributed by atoms with Gasteiger partial charge in [-0.1, -0.05) is 20.8 Å². The zero-order valence-electron chi connectivity index (χ0n) is 18.1. The SMILES string of the molecule is COc1ccc(C(=O)O[C@@H](C)C(=O)c2ccc(NC(=O)C(C)(C)C)cc2)cc1OC. The highest BCUT2D eigenvalue weighted by atomic mass is 16.5. The second-order valence-electron chi connectivity index (χ2n) is 7.76. The fourth-order valence-corrected chi connectivity index (χ4v) is 2.52. The maximum absolute atomic E-state index is 12.6. The third kappa shape index (κ3) is 5.59. The number of anilines is 1. The zero-order chi connectivity index (χ0) is 22.5. The molecule has 160 valence electrons. The van der Waals surface area contributed by atoms with E-state index in [0.717, 1.165) is 0 Å². The summed E-state index contributed by atoms with van der Waals surface area (Å²) < 4.78 is 15.6. The molecule has 2 aromatic carbocycles. The average molecular weight is 413 g/mol. The van der Waals surface area contributed by atoms with Gasteiger partial charge in [0.15, 0.2) is 17.6 Å². The molecule has 0 aromatic heterocycles. The lowest BCUT2D eigenvalue weighted by Crippen LogP contribution is -2.27. The van der Waals surface area contributed by atoms with Gasteiger partial charge in [0.25, 0.3) is 0 Å². The summed E-state index contributed by atoms with van der Waals surface area (Å²) in [6.45, 7) is 6.95. The molecule has 7 heteroatoms. The average Bonchev–Trinajstić information content (AvgIpc) is 2.72. The molecule has 0 spiro atoms. The lowest BCUT2D eigenvalue weighted by atomic mass is 9.95. The van der Waals surface area contributed by atoms with Crippen molar-refractivity contribution in [2.45, 2.75) is 33.8 Å². The van der Waals surface area contributed by atoms with E-state index in [1.807, 2.05) is 20.8 Å². The number of Topliss-reactive ketones (excluding diaryl/α,β-unsaturated/α-hetero) is 1. The number of carbonyl (C=O) groups is 3. The standard InChI is InChI=1S/C23H27NO6/c1-14(30-21(26)16-9-12-18(28-5)19(13-16)29-6)20(25)15-7-10-17(11-8-15)24-22(27)23(2,3)4/h7-14H,1-6H3,(H,24,27)/t14-/m0/s1. The van der Waals surface area contributed by atoms with Crippen molar-refractivity contribution in [3.05, 3.63) is 53.6 Å². The Morgan fingerprint density at radius 3 is 1.97 bits per heavy atom. The van der Waals surface area contributed by atoms with Gasteiger partial charge in [-0.05, 0) is 49.4 Å². The van der Waals surface area contributed by atoms with E-state index < -0.39 is 17.5 Å². The van der Waals surface area contributed by atoms with E-state index in [9.17, 15) is 14.4 Å². The van der Waals surface area contributed by atoms with Gasteiger partial charge in [-0.15, -0.1) is 0 Å². The van der Waals surface area contributed by atoms with Gasteiger partial charge >= 0.3 is 5.97 Å². The number of rotatable bonds is 7. The van der Waals surface area contributed by atoms with Crippen molar-refractivity contribution >= 4 is 23.3 Å². The number of amides is 1. The van der Waals surface area contributed by atoms with Crippen LogP contribution in [0, 0.1) is 5.41 Å². The number of nitrogens with one attached hydrogen (secondary N) is 1. The van der Waals surface area contributed by atoms with Crippen molar-refractivity contribution < 1.29 is 28.6 Å². The number of esters is 1. The fourth-order valence-electron chi connectivity index (χ4n) is 2.52. The van der Waals surface area contributed by atoms with Crippen molar-refractivity contribution in [2.24, 2.45) is 5.41 Å². The third-order valence-electron chi connectivity index (χ3n) is 4.38. The quantitative estimate of drug-likeness (QED) is 0.542. The van der Waals surface area contributed by atoms with Crippen LogP contribution in [-0.2, 0) is 9.53 Å². The highest BCUT2D eigenvalue weighted by molar-refractivity contribution is 6.02. The number of hydrogen-bond donors (Lipinski definition) is 1. The molecule has 0 fully saturated rings. The highest BCUT2D eigenvalue weighted by Crippen LogP contribution is 2.28. The Bertz CT molecular complexity index is 928. The van der Waals surface area contributed by atoms with Crippen LogP contribution in [0.5, 0.6) is 11.5 Å². The first-order valence-electron chi connectivity index (χ1n) is 9.45. The van der Waals surface area contributed by atoms with Crippen LogP contribution in [0.4, 0.5) is 5.69 Å². The zero-order valence-corrected chi connectivity index (χ0v) is 18.1. The van der Waals surface area contributed by atoms with E-state index >= 15 is 0 Å². The molecule has 0 saturated heterocycles. The molecular weight excluding hydrogens is 386 g/mol. The van der Waals surface area contributed by atoms with Crippen LogP contribution in [0.25, 0.3) is 0 Å². The van der Waals surface area contributed by atoms with E-state index in [2.05, 4.69) is 5.32 Å². The van der Waals surface area contributed by atoms with E-state index in [4.69, 9.17) is 14.2 Å². The molecule has 0 aliphatic rings. The van der Waals surface area contributed by atoms with Crippen LogP contribution >= 0.6 is 0 Å². The molecular formula is C23H27NO6. The monoisotopic (exact) mass is 413 g/mol. The summed E-state index contributed by atoms with van der Waals surface area (Å²) in [6, 6.07) is 11.1. The minimum Gasteiger partial charge on any atom is -0.493 e. The second kappa shape index (κ2) is 9.43. The molecule has 0 saturated carbocycles. The Labute approximate surface area is 176 Å². The van der Waals surface area contributed by atoms with Crippen LogP contribution in [0.1, 0.15) is 48.4 Å². The number of benzene rings is 2. The first-order valence-corrected chi connectivity index (χ1v) is 9.45. The molecule has 1 amide bonds. The lowest BCUT2D eigenvalue weighted by Gasteiger charge is -2.18. The van der Waals surface area contributed by atoms with Crippen molar-refractivity contribution in [3.8, 4) is 11.5 Å². The molecule has 0 unspecified atom stereocenters. The minimum absolute atomic E-state index is 0.126. The van der Waals surface area contributed by atoms with Gasteiger partial charge in [-0.25, -0.2) is 4.79 Å². The highest BCUT2D eigenvalue weighted by Gasteiger charge is 2.23. The lowest BCUT2D eigenvalue weighted by molar-refractivity contribution is -0.123. The summed E-state index contributed by atoms with van der Waals surface area (Å²) in [4.78, 5) is 37.1. The first-order chi connectivity index (χ1) is 14.1. The van der Waals surface area contributed by atoms with Crippen molar-refractivity contribution in [2.75, 3.05) is 19.5 Å². The maximum Gasteiger partial charge on any atom is 0.338 e. The van der Waals surface area contributed by atoms with Gasteiger partial charge < -0.3 is 19.5 Å². The Balaban J connectivity index is 2.05. The predicted molar refractivity (Wildman–Crippen MR) is 113 cm³/mol. The van der Waals surface area contributed by atoms with Gasteiger partial charge in [0.2, 0.25) is 11.7 Å². The second-order valence-corrected chi connectivity index (χ2v) is 7.76. The van der Waals surface area contributed by atoms with E-state index in [1.165, 1.54) is 33.3 Å². The Morgan fingerprint density at radius 2 is 1.43 bits per heavy atom. The van der Waals surface area contributed by atoms with Crippen LogP contribution in [0.3, 0.4) is 0 Å². The van der Waals surface area contributed by atoms with Crippen LogP contribution in [0.15, 0.2) is 42.5 Å². The van der Waals surface area contributed by atoms with Crippen LogP contribution in [-0.4, -0.2) is 38.0 Å². The van der Waals surface area contributed by atoms with E-state index in [0.29, 0.717) is 22.7 Å². The molecule has 7 nitrogen and oxygen atoms in total. The fraction of sp³-hybridized carbons (Fsp3) is 0.348. The molecule has 0 aliphatic carbocycles. The maximum atomic E-state index is 12.6. The van der Waals surface area contributed by atoms with Crippen molar-refractivity contribution in [1.29, 1.82) is 0 Å². The summed E-state index contributed by atoms with van der Waals surface area (Å²) in [6.07, 6.45) is -0.986. The summed E-state index contributed by atoms with van der Waals surface area (Å²) in [5.41, 5.74) is 0.673. The summed E-state index contributed by atoms with van der Waals surface area (Å²) in [5.74, 6) is -0.252. The number of ketones is 1. The number of hydrogen-bond acceptors (Lipinski definition) is 6. The molecule has 30 heavy (non-hydrogen) atoms. The van der Waals surface area contributed by atoms with Crippen LogP contribution in [0.2, 0.25) is 0 Å².